The highest BCUT2D eigenvalue weighted by Gasteiger charge is 2.03. The van der Waals surface area contributed by atoms with Crippen molar-refractivity contribution in [3.8, 4) is 5.75 Å². The maximum atomic E-state index is 11.8. The number of ether oxygens (including phenoxy) is 1. The maximum absolute atomic E-state index is 11.8. The normalized spacial score (nSPS) is 11.0. The van der Waals surface area contributed by atoms with Crippen LogP contribution in [0.4, 0.5) is 0 Å². The minimum absolute atomic E-state index is 0.0710. The zero-order valence-corrected chi connectivity index (χ0v) is 13.5. The first-order valence-corrected chi connectivity index (χ1v) is 7.86. The van der Waals surface area contributed by atoms with Gasteiger partial charge in [-0.15, -0.1) is 0 Å². The van der Waals surface area contributed by atoms with Crippen LogP contribution >= 0.6 is 0 Å². The number of aryl methyl sites for hydroxylation is 1. The van der Waals surface area contributed by atoms with E-state index in [0.717, 1.165) is 22.9 Å². The summed E-state index contributed by atoms with van der Waals surface area (Å²) in [5.74, 6) is 0.387. The lowest BCUT2D eigenvalue weighted by molar-refractivity contribution is -0.123. The van der Waals surface area contributed by atoms with Crippen LogP contribution in [0, 0.1) is 0 Å². The molecular weight excluding hydrogens is 302 g/mol. The van der Waals surface area contributed by atoms with E-state index < -0.39 is 0 Å². The average Bonchev–Trinajstić information content (AvgIpc) is 3.03. The van der Waals surface area contributed by atoms with Gasteiger partial charge in [-0.1, -0.05) is 37.3 Å². The molecule has 0 saturated heterocycles. The first-order valence-electron chi connectivity index (χ1n) is 7.86. The van der Waals surface area contributed by atoms with Crippen LogP contribution in [0.15, 0.2) is 59.8 Å². The lowest BCUT2D eigenvalue weighted by Gasteiger charge is -2.06. The number of nitrogens with one attached hydrogen (secondary N) is 2. The number of hydrogen-bond acceptors (Lipinski definition) is 3. The molecule has 5 nitrogen and oxygen atoms in total. The monoisotopic (exact) mass is 321 g/mol. The zero-order chi connectivity index (χ0) is 16.8. The summed E-state index contributed by atoms with van der Waals surface area (Å²) in [5, 5.41) is 5.04. The number of carbonyl (C=O) groups is 1. The molecule has 5 heteroatoms. The standard InChI is InChI=1S/C19H19N3O2/c1-2-14-6-5-7-16(10-14)24-13-19(23)22-21-12-15-11-20-18-9-4-3-8-17(15)18/h3-12,20H,2,13H2,1H3,(H,22,23)/b21-12+. The number of amides is 1. The lowest BCUT2D eigenvalue weighted by atomic mass is 10.2. The fourth-order valence-corrected chi connectivity index (χ4v) is 2.41. The van der Waals surface area contributed by atoms with E-state index in [2.05, 4.69) is 22.4 Å². The molecule has 0 unspecified atom stereocenters. The number of aromatic amines is 1. The Labute approximate surface area is 140 Å². The molecule has 2 N–H and O–H groups in total. The summed E-state index contributed by atoms with van der Waals surface area (Å²) in [7, 11) is 0. The number of hydrazone groups is 1. The van der Waals surface area contributed by atoms with Gasteiger partial charge in [0.05, 0.1) is 6.21 Å². The molecule has 1 heterocycles. The average molecular weight is 321 g/mol. The molecule has 0 bridgehead atoms. The van der Waals surface area contributed by atoms with Gasteiger partial charge in [0.25, 0.3) is 5.91 Å². The van der Waals surface area contributed by atoms with Crippen LogP contribution in [0.25, 0.3) is 10.9 Å². The molecule has 0 aliphatic carbocycles. The summed E-state index contributed by atoms with van der Waals surface area (Å²) in [6.45, 7) is 2.00. The Morgan fingerprint density at radius 3 is 3.00 bits per heavy atom. The lowest BCUT2D eigenvalue weighted by Crippen LogP contribution is -2.24. The summed E-state index contributed by atoms with van der Waals surface area (Å²) < 4.78 is 5.48. The Morgan fingerprint density at radius 2 is 2.12 bits per heavy atom. The predicted molar refractivity (Wildman–Crippen MR) is 95.4 cm³/mol. The van der Waals surface area contributed by atoms with Crippen molar-refractivity contribution < 1.29 is 9.53 Å². The molecule has 24 heavy (non-hydrogen) atoms. The van der Waals surface area contributed by atoms with Gasteiger partial charge in [0, 0.05) is 22.7 Å². The van der Waals surface area contributed by atoms with Crippen LogP contribution in [-0.4, -0.2) is 23.7 Å². The number of aromatic nitrogens is 1. The molecule has 0 aliphatic heterocycles. The molecule has 0 aliphatic rings. The quantitative estimate of drug-likeness (QED) is 0.540. The highest BCUT2D eigenvalue weighted by molar-refractivity contribution is 5.99. The first-order chi connectivity index (χ1) is 11.8. The van der Waals surface area contributed by atoms with E-state index >= 15 is 0 Å². The van der Waals surface area contributed by atoms with Gasteiger partial charge < -0.3 is 9.72 Å². The van der Waals surface area contributed by atoms with E-state index in [1.54, 1.807) is 6.21 Å². The molecule has 1 aromatic heterocycles. The predicted octanol–water partition coefficient (Wildman–Crippen LogP) is 3.26. The third-order valence-corrected chi connectivity index (χ3v) is 3.69. The number of H-pyrrole nitrogens is 1. The van der Waals surface area contributed by atoms with E-state index in [4.69, 9.17) is 4.74 Å². The second-order valence-electron chi connectivity index (χ2n) is 5.37. The SMILES string of the molecule is CCc1cccc(OCC(=O)N/N=C/c2c[nH]c3ccccc23)c1. The molecule has 3 aromatic rings. The molecule has 122 valence electrons. The third kappa shape index (κ3) is 3.81. The van der Waals surface area contributed by atoms with Crippen molar-refractivity contribution in [2.75, 3.05) is 6.61 Å². The molecule has 3 rings (SSSR count). The number of para-hydroxylation sites is 1. The van der Waals surface area contributed by atoms with Crippen molar-refractivity contribution in [3.05, 3.63) is 65.9 Å². The Hall–Kier alpha value is -3.08. The fraction of sp³-hybridized carbons (Fsp3) is 0.158. The molecule has 1 amide bonds. The van der Waals surface area contributed by atoms with Crippen LogP contribution in [0.1, 0.15) is 18.1 Å². The van der Waals surface area contributed by atoms with Gasteiger partial charge in [-0.2, -0.15) is 5.10 Å². The number of rotatable bonds is 6. The number of fused-ring (bicyclic) bond motifs is 1. The Balaban J connectivity index is 1.53. The maximum Gasteiger partial charge on any atom is 0.277 e. The van der Waals surface area contributed by atoms with Crippen molar-refractivity contribution in [1.29, 1.82) is 0 Å². The van der Waals surface area contributed by atoms with Gasteiger partial charge in [0.1, 0.15) is 5.75 Å². The van der Waals surface area contributed by atoms with Crippen molar-refractivity contribution in [1.82, 2.24) is 10.4 Å². The van der Waals surface area contributed by atoms with E-state index in [-0.39, 0.29) is 12.5 Å². The van der Waals surface area contributed by atoms with E-state index in [0.29, 0.717) is 5.75 Å². The van der Waals surface area contributed by atoms with Crippen molar-refractivity contribution >= 4 is 23.0 Å². The van der Waals surface area contributed by atoms with E-state index in [9.17, 15) is 4.79 Å². The van der Waals surface area contributed by atoms with Gasteiger partial charge in [-0.25, -0.2) is 5.43 Å². The van der Waals surface area contributed by atoms with Gasteiger partial charge in [0.15, 0.2) is 6.61 Å². The van der Waals surface area contributed by atoms with Crippen LogP contribution < -0.4 is 10.2 Å². The second-order valence-corrected chi connectivity index (χ2v) is 5.37. The largest absolute Gasteiger partial charge is 0.484 e. The van der Waals surface area contributed by atoms with E-state index in [1.807, 2.05) is 54.7 Å². The van der Waals surface area contributed by atoms with Gasteiger partial charge >= 0.3 is 0 Å². The molecule has 0 saturated carbocycles. The van der Waals surface area contributed by atoms with Gasteiger partial charge in [-0.3, -0.25) is 4.79 Å². The number of benzene rings is 2. The highest BCUT2D eigenvalue weighted by Crippen LogP contribution is 2.15. The summed E-state index contributed by atoms with van der Waals surface area (Å²) in [5.41, 5.74) is 5.60. The topological polar surface area (TPSA) is 66.5 Å². The van der Waals surface area contributed by atoms with E-state index in [1.165, 1.54) is 5.56 Å². The highest BCUT2D eigenvalue weighted by atomic mass is 16.5. The summed E-state index contributed by atoms with van der Waals surface area (Å²) in [4.78, 5) is 15.0. The minimum Gasteiger partial charge on any atom is -0.484 e. The summed E-state index contributed by atoms with van der Waals surface area (Å²) >= 11 is 0. The zero-order valence-electron chi connectivity index (χ0n) is 13.5. The third-order valence-electron chi connectivity index (χ3n) is 3.69. The summed E-state index contributed by atoms with van der Waals surface area (Å²) in [6, 6.07) is 15.6. The number of hydrogen-bond donors (Lipinski definition) is 2. The van der Waals surface area contributed by atoms with Gasteiger partial charge in [-0.05, 0) is 30.2 Å². The second kappa shape index (κ2) is 7.46. The molecule has 0 spiro atoms. The van der Waals surface area contributed by atoms with Crippen molar-refractivity contribution in [3.63, 3.8) is 0 Å². The Bertz CT molecular complexity index is 868. The molecule has 0 fully saturated rings. The van der Waals surface area contributed by atoms with Crippen molar-refractivity contribution in [2.24, 2.45) is 5.10 Å². The number of nitrogens with zero attached hydrogens (tertiary/aromatic N) is 1. The smallest absolute Gasteiger partial charge is 0.277 e. The molecule has 2 aromatic carbocycles. The Morgan fingerprint density at radius 1 is 1.25 bits per heavy atom. The van der Waals surface area contributed by atoms with Crippen LogP contribution in [0.3, 0.4) is 0 Å². The van der Waals surface area contributed by atoms with Crippen LogP contribution in [-0.2, 0) is 11.2 Å². The van der Waals surface area contributed by atoms with Crippen LogP contribution in [0.2, 0.25) is 0 Å². The van der Waals surface area contributed by atoms with Gasteiger partial charge in [0.2, 0.25) is 0 Å². The summed E-state index contributed by atoms with van der Waals surface area (Å²) in [6.07, 6.45) is 4.40. The fourth-order valence-electron chi connectivity index (χ4n) is 2.41. The number of carbonyl (C=O) groups excluding carboxylic acids is 1. The van der Waals surface area contributed by atoms with Crippen LogP contribution in [0.5, 0.6) is 5.75 Å². The Kier molecular flexibility index (Phi) is 4.91. The minimum atomic E-state index is -0.298. The molecule has 0 radical (unpaired) electrons. The first kappa shape index (κ1) is 15.8. The van der Waals surface area contributed by atoms with Crippen molar-refractivity contribution in [2.45, 2.75) is 13.3 Å². The molecule has 0 atom stereocenters. The molecular formula is C19H19N3O2.